The summed E-state index contributed by atoms with van der Waals surface area (Å²) in [7, 11) is 1.61. The highest BCUT2D eigenvalue weighted by molar-refractivity contribution is 5.76. The van der Waals surface area contributed by atoms with Crippen molar-refractivity contribution in [2.24, 2.45) is 0 Å². The second-order valence-corrected chi connectivity index (χ2v) is 8.05. The van der Waals surface area contributed by atoms with Gasteiger partial charge in [-0.2, -0.15) is 4.98 Å². The topological polar surface area (TPSA) is 80.5 Å². The van der Waals surface area contributed by atoms with Crippen molar-refractivity contribution in [1.29, 1.82) is 0 Å². The summed E-state index contributed by atoms with van der Waals surface area (Å²) in [6.07, 6.45) is 2.38. The fourth-order valence-electron chi connectivity index (χ4n) is 3.91. The van der Waals surface area contributed by atoms with Crippen LogP contribution in [0, 0.1) is 12.7 Å². The van der Waals surface area contributed by atoms with Crippen LogP contribution in [0.2, 0.25) is 0 Å². The van der Waals surface area contributed by atoms with Crippen LogP contribution in [-0.2, 0) is 11.2 Å². The summed E-state index contributed by atoms with van der Waals surface area (Å²) in [5, 5.41) is 7.06. The molecule has 1 unspecified atom stereocenters. The van der Waals surface area contributed by atoms with E-state index >= 15 is 0 Å². The van der Waals surface area contributed by atoms with E-state index in [1.807, 2.05) is 42.2 Å². The predicted octanol–water partition coefficient (Wildman–Crippen LogP) is 3.91. The zero-order valence-corrected chi connectivity index (χ0v) is 18.3. The van der Waals surface area contributed by atoms with Crippen molar-refractivity contribution in [3.8, 4) is 17.1 Å². The maximum atomic E-state index is 14.3. The fourth-order valence-corrected chi connectivity index (χ4v) is 3.91. The predicted molar refractivity (Wildman–Crippen MR) is 119 cm³/mol. The van der Waals surface area contributed by atoms with Crippen molar-refractivity contribution in [2.45, 2.75) is 38.6 Å². The smallest absolute Gasteiger partial charge is 0.227 e. The normalized spacial score (nSPS) is 16.1. The number of benzene rings is 2. The Balaban J connectivity index is 1.29. The Labute approximate surface area is 186 Å². The first-order chi connectivity index (χ1) is 15.5. The summed E-state index contributed by atoms with van der Waals surface area (Å²) in [6.45, 7) is 3.32. The minimum Gasteiger partial charge on any atom is -0.497 e. The van der Waals surface area contributed by atoms with Crippen LogP contribution in [0.4, 0.5) is 10.1 Å². The molecule has 4 rings (SSSR count). The molecule has 1 aromatic heterocycles. The van der Waals surface area contributed by atoms with Gasteiger partial charge in [0.2, 0.25) is 17.6 Å². The summed E-state index contributed by atoms with van der Waals surface area (Å²) in [4.78, 5) is 18.9. The number of amides is 1. The minimum atomic E-state index is -0.230. The third-order valence-corrected chi connectivity index (χ3v) is 5.61. The van der Waals surface area contributed by atoms with E-state index < -0.39 is 0 Å². The van der Waals surface area contributed by atoms with Gasteiger partial charge < -0.3 is 19.5 Å². The van der Waals surface area contributed by atoms with Gasteiger partial charge in [-0.05, 0) is 61.7 Å². The van der Waals surface area contributed by atoms with Crippen LogP contribution in [0.1, 0.15) is 30.7 Å². The van der Waals surface area contributed by atoms with Crippen molar-refractivity contribution in [2.75, 3.05) is 25.1 Å². The van der Waals surface area contributed by atoms with E-state index in [0.717, 1.165) is 36.3 Å². The van der Waals surface area contributed by atoms with Crippen LogP contribution < -0.4 is 15.0 Å². The Morgan fingerprint density at radius 3 is 2.88 bits per heavy atom. The van der Waals surface area contributed by atoms with Crippen molar-refractivity contribution in [3.63, 3.8) is 0 Å². The average Bonchev–Trinajstić information content (AvgIpc) is 3.29. The number of ether oxygens (including phenoxy) is 1. The van der Waals surface area contributed by atoms with Crippen molar-refractivity contribution >= 4 is 11.6 Å². The number of rotatable bonds is 7. The summed E-state index contributed by atoms with van der Waals surface area (Å²) in [6, 6.07) is 12.5. The summed E-state index contributed by atoms with van der Waals surface area (Å²) in [5.74, 6) is 1.34. The zero-order valence-electron chi connectivity index (χ0n) is 18.3. The summed E-state index contributed by atoms with van der Waals surface area (Å²) >= 11 is 0. The Hall–Kier alpha value is -3.42. The molecule has 1 saturated heterocycles. The van der Waals surface area contributed by atoms with Gasteiger partial charge in [-0.25, -0.2) is 4.39 Å². The number of aromatic nitrogens is 2. The molecule has 1 aliphatic heterocycles. The maximum absolute atomic E-state index is 14.3. The van der Waals surface area contributed by atoms with Gasteiger partial charge in [-0.15, -0.1) is 0 Å². The molecule has 7 nitrogen and oxygen atoms in total. The van der Waals surface area contributed by atoms with Crippen LogP contribution >= 0.6 is 0 Å². The van der Waals surface area contributed by atoms with E-state index in [4.69, 9.17) is 9.26 Å². The SMILES string of the molecule is COc1ccc(-c2noc(CCC(=O)NC3CCCN(c4cc(C)ccc4F)C3)n2)cc1. The average molecular weight is 439 g/mol. The number of methoxy groups -OCH3 is 1. The van der Waals surface area contributed by atoms with Crippen LogP contribution in [0.25, 0.3) is 11.4 Å². The summed E-state index contributed by atoms with van der Waals surface area (Å²) < 4.78 is 24.7. The molecule has 0 aliphatic carbocycles. The molecule has 1 fully saturated rings. The monoisotopic (exact) mass is 438 g/mol. The number of halogens is 1. The number of hydrogen-bond donors (Lipinski definition) is 1. The van der Waals surface area contributed by atoms with Gasteiger partial charge in [-0.3, -0.25) is 4.79 Å². The summed E-state index contributed by atoms with van der Waals surface area (Å²) in [5.41, 5.74) is 2.43. The molecule has 2 heterocycles. The van der Waals surface area contributed by atoms with Gasteiger partial charge in [0.25, 0.3) is 0 Å². The lowest BCUT2D eigenvalue weighted by molar-refractivity contribution is -0.121. The molecule has 168 valence electrons. The lowest BCUT2D eigenvalue weighted by Gasteiger charge is -2.35. The quantitative estimate of drug-likeness (QED) is 0.603. The van der Waals surface area contributed by atoms with Crippen molar-refractivity contribution in [3.05, 3.63) is 59.7 Å². The number of nitrogens with zero attached hydrogens (tertiary/aromatic N) is 3. The van der Waals surface area contributed by atoms with Crippen LogP contribution in [-0.4, -0.2) is 42.3 Å². The first-order valence-corrected chi connectivity index (χ1v) is 10.8. The Morgan fingerprint density at radius 1 is 1.28 bits per heavy atom. The highest BCUT2D eigenvalue weighted by Crippen LogP contribution is 2.25. The van der Waals surface area contributed by atoms with E-state index in [1.54, 1.807) is 13.2 Å². The Bertz CT molecular complexity index is 1070. The fraction of sp³-hybridized carbons (Fsp3) is 0.375. The third kappa shape index (κ3) is 5.25. The van der Waals surface area contributed by atoms with E-state index in [0.29, 0.717) is 30.4 Å². The van der Waals surface area contributed by atoms with Crippen molar-refractivity contribution < 1.29 is 18.4 Å². The molecule has 1 N–H and O–H groups in total. The molecule has 8 heteroatoms. The van der Waals surface area contributed by atoms with Gasteiger partial charge in [0, 0.05) is 37.5 Å². The first kappa shape index (κ1) is 21.8. The lowest BCUT2D eigenvalue weighted by Crippen LogP contribution is -2.48. The molecule has 1 aliphatic rings. The van der Waals surface area contributed by atoms with Crippen LogP contribution in [0.5, 0.6) is 5.75 Å². The number of carbonyl (C=O) groups excluding carboxylic acids is 1. The van der Waals surface area contributed by atoms with Crippen LogP contribution in [0.3, 0.4) is 0 Å². The zero-order chi connectivity index (χ0) is 22.5. The van der Waals surface area contributed by atoms with Gasteiger partial charge >= 0.3 is 0 Å². The van der Waals surface area contributed by atoms with Crippen LogP contribution in [0.15, 0.2) is 47.0 Å². The molecule has 0 spiro atoms. The Morgan fingerprint density at radius 2 is 2.09 bits per heavy atom. The van der Waals surface area contributed by atoms with Gasteiger partial charge in [0.05, 0.1) is 12.8 Å². The van der Waals surface area contributed by atoms with E-state index in [-0.39, 0.29) is 24.2 Å². The van der Waals surface area contributed by atoms with E-state index in [9.17, 15) is 9.18 Å². The molecule has 3 aromatic rings. The number of nitrogens with one attached hydrogen (secondary N) is 1. The standard InChI is InChI=1S/C24H27FN4O3/c1-16-5-10-20(25)21(14-16)29-13-3-4-18(15-29)26-22(30)11-12-23-27-24(28-32-23)17-6-8-19(31-2)9-7-17/h5-10,14,18H,3-4,11-13,15H2,1-2H3,(H,26,30). The number of anilines is 1. The molecule has 1 amide bonds. The highest BCUT2D eigenvalue weighted by Gasteiger charge is 2.23. The number of hydrogen-bond acceptors (Lipinski definition) is 6. The number of carbonyl (C=O) groups is 1. The largest absolute Gasteiger partial charge is 0.497 e. The van der Waals surface area contributed by atoms with E-state index in [2.05, 4.69) is 15.5 Å². The molecule has 32 heavy (non-hydrogen) atoms. The lowest BCUT2D eigenvalue weighted by atomic mass is 10.0. The molecule has 0 radical (unpaired) electrons. The third-order valence-electron chi connectivity index (χ3n) is 5.61. The molecular weight excluding hydrogens is 411 g/mol. The van der Waals surface area contributed by atoms with E-state index in [1.165, 1.54) is 6.07 Å². The minimum absolute atomic E-state index is 0.0197. The highest BCUT2D eigenvalue weighted by atomic mass is 19.1. The maximum Gasteiger partial charge on any atom is 0.227 e. The molecule has 0 saturated carbocycles. The second kappa shape index (κ2) is 9.80. The van der Waals surface area contributed by atoms with Gasteiger partial charge in [0.1, 0.15) is 11.6 Å². The van der Waals surface area contributed by atoms with Gasteiger partial charge in [-0.1, -0.05) is 11.2 Å². The molecule has 0 bridgehead atoms. The molecular formula is C24H27FN4O3. The number of piperidine rings is 1. The molecule has 2 aromatic carbocycles. The second-order valence-electron chi connectivity index (χ2n) is 8.05. The molecule has 1 atom stereocenters. The van der Waals surface area contributed by atoms with Gasteiger partial charge in [0.15, 0.2) is 0 Å². The van der Waals surface area contributed by atoms with Crippen molar-refractivity contribution in [1.82, 2.24) is 15.5 Å². The Kier molecular flexibility index (Phi) is 6.68. The number of aryl methyl sites for hydroxylation is 2. The first-order valence-electron chi connectivity index (χ1n) is 10.8.